The van der Waals surface area contributed by atoms with Gasteiger partial charge in [-0.05, 0) is 37.8 Å². The van der Waals surface area contributed by atoms with Gasteiger partial charge in [-0.1, -0.05) is 19.1 Å². The van der Waals surface area contributed by atoms with Crippen LogP contribution < -0.4 is 4.90 Å². The Bertz CT molecular complexity index is 403. The van der Waals surface area contributed by atoms with Gasteiger partial charge in [0.15, 0.2) is 0 Å². The monoisotopic (exact) mass is 233 g/mol. The number of aromatic carboxylic acids is 1. The Hall–Kier alpha value is -1.51. The number of para-hydroxylation sites is 1. The van der Waals surface area contributed by atoms with E-state index in [1.54, 1.807) is 12.1 Å². The van der Waals surface area contributed by atoms with E-state index in [-0.39, 0.29) is 0 Å². The molecule has 1 saturated heterocycles. The number of hydrogen-bond acceptors (Lipinski definition) is 2. The highest BCUT2D eigenvalue weighted by molar-refractivity contribution is 5.94. The molecular weight excluding hydrogens is 214 g/mol. The maximum absolute atomic E-state index is 11.2. The van der Waals surface area contributed by atoms with Crippen molar-refractivity contribution in [1.82, 2.24) is 0 Å². The summed E-state index contributed by atoms with van der Waals surface area (Å²) in [6, 6.07) is 7.82. The minimum Gasteiger partial charge on any atom is -0.478 e. The lowest BCUT2D eigenvalue weighted by Gasteiger charge is -2.37. The van der Waals surface area contributed by atoms with Gasteiger partial charge in [-0.2, -0.15) is 0 Å². The number of benzene rings is 1. The highest BCUT2D eigenvalue weighted by Gasteiger charge is 2.24. The fourth-order valence-electron chi connectivity index (χ4n) is 2.65. The number of anilines is 1. The smallest absolute Gasteiger partial charge is 0.337 e. The van der Waals surface area contributed by atoms with Crippen LogP contribution >= 0.6 is 0 Å². The molecule has 2 rings (SSSR count). The van der Waals surface area contributed by atoms with Crippen LogP contribution in [0.15, 0.2) is 24.3 Å². The van der Waals surface area contributed by atoms with Gasteiger partial charge in [-0.15, -0.1) is 0 Å². The molecule has 0 saturated carbocycles. The number of nitrogens with zero attached hydrogens (tertiary/aromatic N) is 1. The van der Waals surface area contributed by atoms with Gasteiger partial charge < -0.3 is 10.0 Å². The summed E-state index contributed by atoms with van der Waals surface area (Å²) < 4.78 is 0. The zero-order valence-corrected chi connectivity index (χ0v) is 10.2. The van der Waals surface area contributed by atoms with Crippen molar-refractivity contribution in [2.75, 3.05) is 11.4 Å². The molecule has 1 aromatic carbocycles. The Morgan fingerprint density at radius 3 is 2.88 bits per heavy atom. The van der Waals surface area contributed by atoms with Crippen molar-refractivity contribution in [1.29, 1.82) is 0 Å². The molecule has 1 N–H and O–H groups in total. The summed E-state index contributed by atoms with van der Waals surface area (Å²) in [7, 11) is 0. The minimum atomic E-state index is -0.832. The topological polar surface area (TPSA) is 40.5 Å². The highest BCUT2D eigenvalue weighted by atomic mass is 16.4. The number of carboxylic acids is 1. The van der Waals surface area contributed by atoms with Crippen molar-refractivity contribution >= 4 is 11.7 Å². The molecule has 1 aliphatic rings. The molecule has 0 radical (unpaired) electrons. The molecular formula is C14H19NO2. The average molecular weight is 233 g/mol. The largest absolute Gasteiger partial charge is 0.478 e. The van der Waals surface area contributed by atoms with Crippen molar-refractivity contribution in [2.45, 2.75) is 38.6 Å². The maximum atomic E-state index is 11.2. The van der Waals surface area contributed by atoms with Gasteiger partial charge >= 0.3 is 5.97 Å². The lowest BCUT2D eigenvalue weighted by molar-refractivity contribution is 0.0697. The molecule has 1 fully saturated rings. The van der Waals surface area contributed by atoms with Gasteiger partial charge in [0.25, 0.3) is 0 Å². The summed E-state index contributed by atoms with van der Waals surface area (Å²) in [6.45, 7) is 3.15. The number of piperidine rings is 1. The first-order valence-electron chi connectivity index (χ1n) is 6.33. The summed E-state index contributed by atoms with van der Waals surface area (Å²) in [6.07, 6.45) is 4.66. The molecule has 0 spiro atoms. The van der Waals surface area contributed by atoms with Crippen molar-refractivity contribution < 1.29 is 9.90 Å². The Kier molecular flexibility index (Phi) is 3.67. The second kappa shape index (κ2) is 5.21. The van der Waals surface area contributed by atoms with Crippen LogP contribution in [0.1, 0.15) is 43.0 Å². The number of carbonyl (C=O) groups is 1. The Labute approximate surface area is 102 Å². The van der Waals surface area contributed by atoms with Crippen molar-refractivity contribution in [3.63, 3.8) is 0 Å². The molecule has 1 aromatic rings. The van der Waals surface area contributed by atoms with Crippen molar-refractivity contribution in [3.05, 3.63) is 29.8 Å². The highest BCUT2D eigenvalue weighted by Crippen LogP contribution is 2.29. The van der Waals surface area contributed by atoms with Crippen molar-refractivity contribution in [3.8, 4) is 0 Å². The molecule has 1 atom stereocenters. The molecule has 0 aliphatic carbocycles. The summed E-state index contributed by atoms with van der Waals surface area (Å²) in [4.78, 5) is 13.5. The van der Waals surface area contributed by atoms with E-state index in [0.717, 1.165) is 25.1 Å². The van der Waals surface area contributed by atoms with E-state index in [9.17, 15) is 9.90 Å². The number of rotatable bonds is 3. The summed E-state index contributed by atoms with van der Waals surface area (Å²) >= 11 is 0. The van der Waals surface area contributed by atoms with Crippen LogP contribution in [0.4, 0.5) is 5.69 Å². The van der Waals surface area contributed by atoms with E-state index >= 15 is 0 Å². The van der Waals surface area contributed by atoms with E-state index in [1.807, 2.05) is 12.1 Å². The van der Waals surface area contributed by atoms with Crippen molar-refractivity contribution in [2.24, 2.45) is 0 Å². The quantitative estimate of drug-likeness (QED) is 0.871. The molecule has 0 unspecified atom stereocenters. The van der Waals surface area contributed by atoms with E-state index in [1.165, 1.54) is 12.8 Å². The average Bonchev–Trinajstić information content (AvgIpc) is 2.38. The molecule has 0 bridgehead atoms. The molecule has 92 valence electrons. The van der Waals surface area contributed by atoms with Crippen LogP contribution in [0.25, 0.3) is 0 Å². The van der Waals surface area contributed by atoms with Gasteiger partial charge in [0, 0.05) is 12.6 Å². The van der Waals surface area contributed by atoms with Crippen LogP contribution in [-0.2, 0) is 0 Å². The standard InChI is InChI=1S/C14H19NO2/c1-2-11-7-5-6-10-15(11)13-9-4-3-8-12(13)14(16)17/h3-4,8-9,11H,2,5-7,10H2,1H3,(H,16,17)/t11-/m0/s1. The van der Waals surface area contributed by atoms with E-state index in [0.29, 0.717) is 11.6 Å². The molecule has 17 heavy (non-hydrogen) atoms. The van der Waals surface area contributed by atoms with Crippen LogP contribution in [0.3, 0.4) is 0 Å². The van der Waals surface area contributed by atoms with Gasteiger partial charge in [-0.25, -0.2) is 4.79 Å². The first-order chi connectivity index (χ1) is 8.24. The summed E-state index contributed by atoms with van der Waals surface area (Å²) in [5.74, 6) is -0.832. The lowest BCUT2D eigenvalue weighted by atomic mass is 9.98. The third-order valence-corrected chi connectivity index (χ3v) is 3.54. The normalized spacial score (nSPS) is 20.3. The summed E-state index contributed by atoms with van der Waals surface area (Å²) in [5.41, 5.74) is 1.31. The van der Waals surface area contributed by atoms with Crippen LogP contribution in [0.5, 0.6) is 0 Å². The first-order valence-corrected chi connectivity index (χ1v) is 6.33. The van der Waals surface area contributed by atoms with E-state index < -0.39 is 5.97 Å². The number of hydrogen-bond donors (Lipinski definition) is 1. The van der Waals surface area contributed by atoms with Gasteiger partial charge in [0.1, 0.15) is 0 Å². The van der Waals surface area contributed by atoms with Gasteiger partial charge in [-0.3, -0.25) is 0 Å². The number of carboxylic acid groups (broad SMARTS) is 1. The lowest BCUT2D eigenvalue weighted by Crippen LogP contribution is -2.39. The minimum absolute atomic E-state index is 0.424. The third-order valence-electron chi connectivity index (χ3n) is 3.54. The molecule has 1 aliphatic heterocycles. The van der Waals surface area contributed by atoms with Gasteiger partial charge in [0.2, 0.25) is 0 Å². The van der Waals surface area contributed by atoms with Crippen LogP contribution in [0, 0.1) is 0 Å². The molecule has 3 nitrogen and oxygen atoms in total. The fourth-order valence-corrected chi connectivity index (χ4v) is 2.65. The second-order valence-electron chi connectivity index (χ2n) is 4.57. The van der Waals surface area contributed by atoms with E-state index in [4.69, 9.17) is 0 Å². The fraction of sp³-hybridized carbons (Fsp3) is 0.500. The SMILES string of the molecule is CC[C@H]1CCCCN1c1ccccc1C(=O)O. The predicted octanol–water partition coefficient (Wildman–Crippen LogP) is 3.15. The Balaban J connectivity index is 2.34. The first kappa shape index (κ1) is 12.0. The summed E-state index contributed by atoms with van der Waals surface area (Å²) in [5, 5.41) is 9.23. The Morgan fingerprint density at radius 2 is 2.18 bits per heavy atom. The van der Waals surface area contributed by atoms with Crippen LogP contribution in [-0.4, -0.2) is 23.7 Å². The van der Waals surface area contributed by atoms with Gasteiger partial charge in [0.05, 0.1) is 11.3 Å². The van der Waals surface area contributed by atoms with Crippen LogP contribution in [0.2, 0.25) is 0 Å². The third kappa shape index (κ3) is 2.43. The Morgan fingerprint density at radius 1 is 1.41 bits per heavy atom. The molecule has 1 heterocycles. The van der Waals surface area contributed by atoms with E-state index in [2.05, 4.69) is 11.8 Å². The molecule has 0 amide bonds. The molecule has 3 heteroatoms. The maximum Gasteiger partial charge on any atom is 0.337 e. The predicted molar refractivity (Wildman–Crippen MR) is 68.7 cm³/mol. The molecule has 0 aromatic heterocycles. The zero-order chi connectivity index (χ0) is 12.3. The second-order valence-corrected chi connectivity index (χ2v) is 4.57. The zero-order valence-electron chi connectivity index (χ0n) is 10.2.